The Morgan fingerprint density at radius 1 is 1.11 bits per heavy atom. The van der Waals surface area contributed by atoms with E-state index in [0.717, 1.165) is 5.56 Å². The molecule has 1 heterocycles. The second-order valence-corrected chi connectivity index (χ2v) is 8.68. The molecule has 0 aliphatic carbocycles. The molecule has 9 heteroatoms. The molecular weight excluding hydrogens is 459 g/mol. The number of thiocarbonyl (C=S) groups is 1. The van der Waals surface area contributed by atoms with Crippen LogP contribution in [0.4, 0.5) is 5.69 Å². The summed E-state index contributed by atoms with van der Waals surface area (Å²) in [5.41, 5.74) is 1.27. The number of amides is 2. The first-order chi connectivity index (χ1) is 13.3. The van der Waals surface area contributed by atoms with E-state index in [0.29, 0.717) is 30.0 Å². The van der Waals surface area contributed by atoms with Gasteiger partial charge >= 0.3 is 0 Å². The topological polar surface area (TPSA) is 49.4 Å². The van der Waals surface area contributed by atoms with E-state index >= 15 is 0 Å². The Hall–Kier alpha value is -1.57. The predicted octanol–water partition coefficient (Wildman–Crippen LogP) is 5.88. The number of nitrogens with zero attached hydrogens (tertiary/aromatic N) is 1. The Kier molecular flexibility index (Phi) is 7.01. The fourth-order valence-electron chi connectivity index (χ4n) is 2.44. The predicted molar refractivity (Wildman–Crippen MR) is 121 cm³/mol. The van der Waals surface area contributed by atoms with Gasteiger partial charge in [-0.1, -0.05) is 77.0 Å². The van der Waals surface area contributed by atoms with Crippen molar-refractivity contribution in [1.29, 1.82) is 0 Å². The fourth-order valence-corrected chi connectivity index (χ4v) is 4.22. The van der Waals surface area contributed by atoms with Gasteiger partial charge in [-0.15, -0.1) is 0 Å². The minimum atomic E-state index is -0.262. The van der Waals surface area contributed by atoms with E-state index in [4.69, 9.17) is 47.0 Å². The number of hydrogen-bond donors (Lipinski definition) is 1. The first-order valence-corrected chi connectivity index (χ1v) is 10.5. The quantitative estimate of drug-likeness (QED) is 0.437. The van der Waals surface area contributed by atoms with Gasteiger partial charge in [0.25, 0.3) is 5.91 Å². The van der Waals surface area contributed by atoms with Gasteiger partial charge in [-0.05, 0) is 35.9 Å². The van der Waals surface area contributed by atoms with Crippen LogP contribution in [0.5, 0.6) is 0 Å². The first kappa shape index (κ1) is 21.1. The highest BCUT2D eigenvalue weighted by Crippen LogP contribution is 2.33. The third-order valence-corrected chi connectivity index (χ3v) is 6.29. The standard InChI is InChI=1S/C19H13Cl3N2O2S2/c20-13-4-2-1-3-11(13)9-16-18(26)24(19(27)28-16)8-7-17(25)23-12-5-6-14(21)15(22)10-12/h1-6,9-10H,7-8H2,(H,23,25). The van der Waals surface area contributed by atoms with E-state index in [2.05, 4.69) is 5.32 Å². The van der Waals surface area contributed by atoms with Crippen molar-refractivity contribution >= 4 is 86.7 Å². The number of benzene rings is 2. The molecule has 2 aromatic carbocycles. The minimum Gasteiger partial charge on any atom is -0.326 e. The lowest BCUT2D eigenvalue weighted by Crippen LogP contribution is -2.31. The summed E-state index contributed by atoms with van der Waals surface area (Å²) < 4.78 is 0.408. The Morgan fingerprint density at radius 2 is 1.86 bits per heavy atom. The van der Waals surface area contributed by atoms with Crippen LogP contribution >= 0.6 is 58.8 Å². The van der Waals surface area contributed by atoms with Gasteiger partial charge in [0.15, 0.2) is 0 Å². The normalized spacial score (nSPS) is 15.4. The van der Waals surface area contributed by atoms with Crippen LogP contribution in [0.2, 0.25) is 15.1 Å². The number of thioether (sulfide) groups is 1. The molecule has 0 bridgehead atoms. The molecule has 3 rings (SSSR count). The van der Waals surface area contributed by atoms with Crippen LogP contribution in [0.25, 0.3) is 6.08 Å². The maximum atomic E-state index is 12.6. The smallest absolute Gasteiger partial charge is 0.266 e. The van der Waals surface area contributed by atoms with Crippen LogP contribution in [0.1, 0.15) is 12.0 Å². The SMILES string of the molecule is O=C(CCN1C(=O)C(=Cc2ccccc2Cl)SC1=S)Nc1ccc(Cl)c(Cl)c1. The lowest BCUT2D eigenvalue weighted by Gasteiger charge is -2.14. The van der Waals surface area contributed by atoms with E-state index in [-0.39, 0.29) is 24.8 Å². The van der Waals surface area contributed by atoms with Gasteiger partial charge in [0.2, 0.25) is 5.91 Å². The Balaban J connectivity index is 1.62. The maximum absolute atomic E-state index is 12.6. The van der Waals surface area contributed by atoms with Crippen molar-refractivity contribution in [1.82, 2.24) is 4.90 Å². The summed E-state index contributed by atoms with van der Waals surface area (Å²) in [7, 11) is 0. The summed E-state index contributed by atoms with van der Waals surface area (Å²) in [5.74, 6) is -0.500. The molecule has 4 nitrogen and oxygen atoms in total. The first-order valence-electron chi connectivity index (χ1n) is 8.10. The summed E-state index contributed by atoms with van der Waals surface area (Å²) in [6.45, 7) is 0.178. The number of halogens is 3. The summed E-state index contributed by atoms with van der Waals surface area (Å²) in [6, 6.07) is 12.0. The summed E-state index contributed by atoms with van der Waals surface area (Å²) in [5, 5.41) is 4.02. The van der Waals surface area contributed by atoms with Crippen molar-refractivity contribution < 1.29 is 9.59 Å². The Morgan fingerprint density at radius 3 is 2.57 bits per heavy atom. The highest BCUT2D eigenvalue weighted by atomic mass is 35.5. The molecule has 1 N–H and O–H groups in total. The number of carbonyl (C=O) groups is 2. The highest BCUT2D eigenvalue weighted by Gasteiger charge is 2.32. The van der Waals surface area contributed by atoms with Crippen LogP contribution in [0.3, 0.4) is 0 Å². The molecule has 0 saturated carbocycles. The monoisotopic (exact) mass is 470 g/mol. The van der Waals surface area contributed by atoms with Crippen molar-refractivity contribution in [3.8, 4) is 0 Å². The van der Waals surface area contributed by atoms with Gasteiger partial charge in [0.05, 0.1) is 15.0 Å². The number of carbonyl (C=O) groups excluding carboxylic acids is 2. The van der Waals surface area contributed by atoms with Crippen molar-refractivity contribution in [2.75, 3.05) is 11.9 Å². The molecule has 144 valence electrons. The molecular formula is C19H13Cl3N2O2S2. The summed E-state index contributed by atoms with van der Waals surface area (Å²) in [4.78, 5) is 26.7. The average molecular weight is 472 g/mol. The maximum Gasteiger partial charge on any atom is 0.266 e. The molecule has 0 aromatic heterocycles. The third-order valence-electron chi connectivity index (χ3n) is 3.83. The second kappa shape index (κ2) is 9.29. The van der Waals surface area contributed by atoms with Gasteiger partial charge in [-0.2, -0.15) is 0 Å². The average Bonchev–Trinajstić information content (AvgIpc) is 2.91. The van der Waals surface area contributed by atoms with E-state index in [9.17, 15) is 9.59 Å². The van der Waals surface area contributed by atoms with Crippen molar-refractivity contribution in [2.24, 2.45) is 0 Å². The lowest BCUT2D eigenvalue weighted by atomic mass is 10.2. The molecule has 1 fully saturated rings. The number of hydrogen-bond acceptors (Lipinski definition) is 4. The Bertz CT molecular complexity index is 995. The molecule has 0 unspecified atom stereocenters. The van der Waals surface area contributed by atoms with Crippen LogP contribution < -0.4 is 5.32 Å². The molecule has 1 aliphatic heterocycles. The molecule has 28 heavy (non-hydrogen) atoms. The number of nitrogens with one attached hydrogen (secondary N) is 1. The van der Waals surface area contributed by atoms with Gasteiger partial charge in [0, 0.05) is 23.7 Å². The second-order valence-electron chi connectivity index (χ2n) is 5.78. The molecule has 0 radical (unpaired) electrons. The zero-order chi connectivity index (χ0) is 20.3. The van der Waals surface area contributed by atoms with E-state index in [1.165, 1.54) is 16.7 Å². The van der Waals surface area contributed by atoms with Gasteiger partial charge in [0.1, 0.15) is 4.32 Å². The van der Waals surface area contributed by atoms with Crippen LogP contribution in [-0.4, -0.2) is 27.6 Å². The van der Waals surface area contributed by atoms with Crippen molar-refractivity contribution in [3.05, 3.63) is 68.0 Å². The number of anilines is 1. The largest absolute Gasteiger partial charge is 0.326 e. The Labute approximate surface area is 186 Å². The van der Waals surface area contributed by atoms with E-state index in [1.54, 1.807) is 30.3 Å². The van der Waals surface area contributed by atoms with Crippen LogP contribution in [0, 0.1) is 0 Å². The molecule has 2 aromatic rings. The van der Waals surface area contributed by atoms with E-state index in [1.807, 2.05) is 18.2 Å². The van der Waals surface area contributed by atoms with Crippen molar-refractivity contribution in [2.45, 2.75) is 6.42 Å². The van der Waals surface area contributed by atoms with Crippen molar-refractivity contribution in [3.63, 3.8) is 0 Å². The minimum absolute atomic E-state index is 0.0893. The van der Waals surface area contributed by atoms with Gasteiger partial charge < -0.3 is 5.32 Å². The molecule has 1 saturated heterocycles. The summed E-state index contributed by atoms with van der Waals surface area (Å²) >= 11 is 24.4. The molecule has 0 atom stereocenters. The summed E-state index contributed by atoms with van der Waals surface area (Å²) in [6.07, 6.45) is 1.80. The highest BCUT2D eigenvalue weighted by molar-refractivity contribution is 8.26. The number of rotatable bonds is 5. The zero-order valence-electron chi connectivity index (χ0n) is 14.2. The van der Waals surface area contributed by atoms with Crippen LogP contribution in [-0.2, 0) is 9.59 Å². The van der Waals surface area contributed by atoms with E-state index < -0.39 is 0 Å². The van der Waals surface area contributed by atoms with Gasteiger partial charge in [-0.3, -0.25) is 14.5 Å². The molecule has 1 aliphatic rings. The molecule has 2 amide bonds. The third kappa shape index (κ3) is 5.07. The lowest BCUT2D eigenvalue weighted by molar-refractivity contribution is -0.122. The van der Waals surface area contributed by atoms with Crippen LogP contribution in [0.15, 0.2) is 47.4 Å². The van der Waals surface area contributed by atoms with Gasteiger partial charge in [-0.25, -0.2) is 0 Å². The zero-order valence-corrected chi connectivity index (χ0v) is 18.1. The fraction of sp³-hybridized carbons (Fsp3) is 0.105. The molecule has 0 spiro atoms.